The van der Waals surface area contributed by atoms with Gasteiger partial charge in [-0.1, -0.05) is 66.7 Å². The molecule has 1 saturated carbocycles. The van der Waals surface area contributed by atoms with Crippen LogP contribution in [0.5, 0.6) is 0 Å². The van der Waals surface area contributed by atoms with Gasteiger partial charge in [0.25, 0.3) is 0 Å². The Labute approximate surface area is 208 Å². The molecule has 6 nitrogen and oxygen atoms in total. The summed E-state index contributed by atoms with van der Waals surface area (Å²) >= 11 is 0. The van der Waals surface area contributed by atoms with Crippen LogP contribution < -0.4 is 0 Å². The second-order valence-electron chi connectivity index (χ2n) is 9.50. The minimum Gasteiger partial charge on any atom is -0.481 e. The summed E-state index contributed by atoms with van der Waals surface area (Å²) in [6.45, 7) is 3.59. The van der Waals surface area contributed by atoms with Gasteiger partial charge in [-0.15, -0.1) is 0 Å². The number of aliphatic carboxylic acids is 1. The number of hydrogen-bond acceptors (Lipinski definition) is 5. The van der Waals surface area contributed by atoms with E-state index in [1.165, 1.54) is 11.1 Å². The molecule has 1 aliphatic heterocycles. The van der Waals surface area contributed by atoms with Crippen molar-refractivity contribution in [2.24, 2.45) is 5.92 Å². The van der Waals surface area contributed by atoms with Gasteiger partial charge < -0.3 is 19.7 Å². The van der Waals surface area contributed by atoms with Crippen LogP contribution >= 0.6 is 0 Å². The standard InChI is InChI=1S/C29H37NO5/c31-26-20-27(35-21-22-12-14-24(15-13-22)23-8-4-3-5-9-23)25(10-6-1-2-7-11-28(32)33)29(26)30-16-18-34-19-17-30/h1-5,8-9,12-15,25-27,29,31H,6-7,10-11,16-21H2,(H,32,33)/b2-1-/t25-,26+,27-,29-/m0/s1. The van der Waals surface area contributed by atoms with E-state index in [2.05, 4.69) is 47.4 Å². The molecule has 4 rings (SSSR count). The predicted octanol–water partition coefficient (Wildman–Crippen LogP) is 4.52. The quantitative estimate of drug-likeness (QED) is 0.462. The fourth-order valence-corrected chi connectivity index (χ4v) is 5.35. The number of allylic oxidation sites excluding steroid dienone is 2. The zero-order valence-electron chi connectivity index (χ0n) is 20.3. The first-order valence-electron chi connectivity index (χ1n) is 12.7. The summed E-state index contributed by atoms with van der Waals surface area (Å²) in [7, 11) is 0. The second kappa shape index (κ2) is 13.0. The van der Waals surface area contributed by atoms with Crippen molar-refractivity contribution in [2.45, 2.75) is 57.0 Å². The number of morpholine rings is 1. The van der Waals surface area contributed by atoms with Gasteiger partial charge in [-0.2, -0.15) is 0 Å². The van der Waals surface area contributed by atoms with Crippen LogP contribution in [-0.2, 0) is 20.9 Å². The lowest BCUT2D eigenvalue weighted by molar-refractivity contribution is -0.136. The van der Waals surface area contributed by atoms with Gasteiger partial charge in [0.05, 0.1) is 32.0 Å². The monoisotopic (exact) mass is 479 g/mol. The molecule has 0 aromatic heterocycles. The zero-order valence-corrected chi connectivity index (χ0v) is 20.3. The lowest BCUT2D eigenvalue weighted by Crippen LogP contribution is -2.50. The number of ether oxygens (including phenoxy) is 2. The molecule has 35 heavy (non-hydrogen) atoms. The Bertz CT molecular complexity index is 939. The maximum atomic E-state index is 11.0. The van der Waals surface area contributed by atoms with Crippen molar-refractivity contribution in [2.75, 3.05) is 26.3 Å². The number of nitrogens with zero attached hydrogens (tertiary/aromatic N) is 1. The van der Waals surface area contributed by atoms with E-state index < -0.39 is 12.1 Å². The number of hydrogen-bond donors (Lipinski definition) is 2. The molecule has 0 bridgehead atoms. The summed E-state index contributed by atoms with van der Waals surface area (Å²) in [5.41, 5.74) is 3.51. The highest BCUT2D eigenvalue weighted by Crippen LogP contribution is 2.37. The number of carboxylic acids is 1. The van der Waals surface area contributed by atoms with E-state index in [9.17, 15) is 9.90 Å². The van der Waals surface area contributed by atoms with Crippen molar-refractivity contribution in [1.29, 1.82) is 0 Å². The molecule has 0 amide bonds. The fraction of sp³-hybridized carbons (Fsp3) is 0.483. The Morgan fingerprint density at radius 1 is 1.00 bits per heavy atom. The van der Waals surface area contributed by atoms with Crippen LogP contribution in [0.15, 0.2) is 66.7 Å². The van der Waals surface area contributed by atoms with E-state index in [1.54, 1.807) is 0 Å². The van der Waals surface area contributed by atoms with Gasteiger partial charge in [0.15, 0.2) is 0 Å². The molecule has 0 unspecified atom stereocenters. The lowest BCUT2D eigenvalue weighted by atomic mass is 9.93. The molecule has 2 aromatic carbocycles. The number of carbonyl (C=O) groups is 1. The molecular weight excluding hydrogens is 442 g/mol. The lowest BCUT2D eigenvalue weighted by Gasteiger charge is -2.38. The van der Waals surface area contributed by atoms with Crippen LogP contribution in [0, 0.1) is 5.92 Å². The zero-order chi connectivity index (χ0) is 24.5. The van der Waals surface area contributed by atoms with E-state index in [0.717, 1.165) is 31.5 Å². The first-order chi connectivity index (χ1) is 17.1. The van der Waals surface area contributed by atoms with Crippen LogP contribution in [0.25, 0.3) is 11.1 Å². The molecule has 2 aromatic rings. The van der Waals surface area contributed by atoms with Gasteiger partial charge in [0.2, 0.25) is 0 Å². The van der Waals surface area contributed by atoms with Crippen LogP contribution in [-0.4, -0.2) is 65.6 Å². The van der Waals surface area contributed by atoms with Crippen LogP contribution in [0.4, 0.5) is 0 Å². The van der Waals surface area contributed by atoms with Gasteiger partial charge in [-0.25, -0.2) is 0 Å². The smallest absolute Gasteiger partial charge is 0.303 e. The molecule has 0 spiro atoms. The van der Waals surface area contributed by atoms with Crippen molar-refractivity contribution in [3.05, 3.63) is 72.3 Å². The summed E-state index contributed by atoms with van der Waals surface area (Å²) < 4.78 is 12.0. The maximum absolute atomic E-state index is 11.0. The summed E-state index contributed by atoms with van der Waals surface area (Å²) in [6, 6.07) is 18.9. The van der Waals surface area contributed by atoms with Crippen LogP contribution in [0.1, 0.15) is 37.7 Å². The van der Waals surface area contributed by atoms with E-state index in [4.69, 9.17) is 14.6 Å². The molecule has 2 N–H and O–H groups in total. The Hall–Kier alpha value is -2.51. The summed E-state index contributed by atoms with van der Waals surface area (Å²) in [5.74, 6) is -0.554. The highest BCUT2D eigenvalue weighted by Gasteiger charge is 2.45. The van der Waals surface area contributed by atoms with E-state index >= 15 is 0 Å². The second-order valence-corrected chi connectivity index (χ2v) is 9.50. The highest BCUT2D eigenvalue weighted by atomic mass is 16.5. The number of rotatable bonds is 11. The predicted molar refractivity (Wildman–Crippen MR) is 136 cm³/mol. The van der Waals surface area contributed by atoms with Gasteiger partial charge in [-0.05, 0) is 36.0 Å². The normalized spacial score (nSPS) is 25.3. The molecule has 1 heterocycles. The number of aliphatic hydroxyl groups excluding tert-OH is 1. The molecular formula is C29H37NO5. The third-order valence-electron chi connectivity index (χ3n) is 7.13. The maximum Gasteiger partial charge on any atom is 0.303 e. The molecule has 0 radical (unpaired) electrons. The van der Waals surface area contributed by atoms with Crippen molar-refractivity contribution < 1.29 is 24.5 Å². The Morgan fingerprint density at radius 3 is 2.40 bits per heavy atom. The van der Waals surface area contributed by atoms with Gasteiger partial charge in [-0.3, -0.25) is 9.69 Å². The third kappa shape index (κ3) is 7.24. The van der Waals surface area contributed by atoms with E-state index in [0.29, 0.717) is 32.7 Å². The fourth-order valence-electron chi connectivity index (χ4n) is 5.35. The first-order valence-corrected chi connectivity index (χ1v) is 12.7. The Balaban J connectivity index is 1.37. The molecule has 6 heteroatoms. The van der Waals surface area contributed by atoms with E-state index in [1.807, 2.05) is 24.3 Å². The largest absolute Gasteiger partial charge is 0.481 e. The summed E-state index contributed by atoms with van der Waals surface area (Å²) in [4.78, 5) is 13.1. The average Bonchev–Trinajstić information content (AvgIpc) is 3.20. The third-order valence-corrected chi connectivity index (χ3v) is 7.13. The molecule has 2 fully saturated rings. The molecule has 4 atom stereocenters. The van der Waals surface area contributed by atoms with Crippen molar-refractivity contribution in [3.63, 3.8) is 0 Å². The van der Waals surface area contributed by atoms with Crippen molar-refractivity contribution >= 4 is 5.97 Å². The topological polar surface area (TPSA) is 79.2 Å². The van der Waals surface area contributed by atoms with Gasteiger partial charge in [0.1, 0.15) is 0 Å². The first kappa shape index (κ1) is 25.6. The number of benzene rings is 2. The highest BCUT2D eigenvalue weighted by molar-refractivity contribution is 5.66. The number of aliphatic hydroxyl groups is 1. The van der Waals surface area contributed by atoms with Crippen molar-refractivity contribution in [3.8, 4) is 11.1 Å². The minimum atomic E-state index is -0.772. The van der Waals surface area contributed by atoms with E-state index in [-0.39, 0.29) is 24.5 Å². The SMILES string of the molecule is O=C(O)CC/C=C\CC[C@@H]1[C@H](N2CCOCC2)[C@H](O)C[C@@H]1OCc1ccc(-c2ccccc2)cc1. The van der Waals surface area contributed by atoms with Crippen LogP contribution in [0.3, 0.4) is 0 Å². The summed E-state index contributed by atoms with van der Waals surface area (Å²) in [5, 5.41) is 19.8. The number of carboxylic acid groups (broad SMARTS) is 1. The minimum absolute atomic E-state index is 0.0148. The molecule has 1 saturated heterocycles. The molecule has 1 aliphatic carbocycles. The summed E-state index contributed by atoms with van der Waals surface area (Å²) in [6.07, 6.45) is 6.69. The van der Waals surface area contributed by atoms with Gasteiger partial charge >= 0.3 is 5.97 Å². The Morgan fingerprint density at radius 2 is 1.69 bits per heavy atom. The average molecular weight is 480 g/mol. The molecule has 2 aliphatic rings. The van der Waals surface area contributed by atoms with Crippen LogP contribution in [0.2, 0.25) is 0 Å². The Kier molecular flexibility index (Phi) is 9.49. The molecule has 188 valence electrons. The van der Waals surface area contributed by atoms with Crippen molar-refractivity contribution in [1.82, 2.24) is 4.90 Å². The van der Waals surface area contributed by atoms with Gasteiger partial charge in [0, 0.05) is 37.9 Å².